The van der Waals surface area contributed by atoms with Crippen LogP contribution < -0.4 is 26.6 Å². The van der Waals surface area contributed by atoms with Crippen LogP contribution in [0.1, 0.15) is 36.0 Å². The smallest absolute Gasteiger partial charge is 0.326 e. The molecular weight excluding hydrogens is 759 g/mol. The molecule has 0 aromatic heterocycles. The number of hydrogen-bond acceptors (Lipinski definition) is 8. The lowest BCUT2D eigenvalue weighted by Crippen LogP contribution is -2.59. The molecule has 2 bridgehead atoms. The monoisotopic (exact) mass is 803 g/mol. The molecule has 300 valence electrons. The average Bonchev–Trinajstić information content (AvgIpc) is 3.74. The van der Waals surface area contributed by atoms with Gasteiger partial charge in [0.15, 0.2) is 0 Å². The van der Waals surface area contributed by atoms with Crippen LogP contribution in [0.2, 0.25) is 0 Å². The summed E-state index contributed by atoms with van der Waals surface area (Å²) in [4.78, 5) is 81.2. The van der Waals surface area contributed by atoms with E-state index in [2.05, 4.69) is 26.6 Å². The summed E-state index contributed by atoms with van der Waals surface area (Å²) in [5, 5.41) is 36.1. The van der Waals surface area contributed by atoms with Gasteiger partial charge in [-0.05, 0) is 58.2 Å². The lowest BCUT2D eigenvalue weighted by Gasteiger charge is -2.27. The van der Waals surface area contributed by atoms with E-state index in [1.54, 1.807) is 42.5 Å². The van der Waals surface area contributed by atoms with Crippen LogP contribution in [-0.4, -0.2) is 81.2 Å². The molecule has 7 N–H and O–H groups in total. The van der Waals surface area contributed by atoms with E-state index in [1.807, 2.05) is 66.1 Å². The van der Waals surface area contributed by atoms with Crippen molar-refractivity contribution in [3.63, 3.8) is 0 Å². The number of carboxylic acids is 1. The van der Waals surface area contributed by atoms with Gasteiger partial charge in [-0.3, -0.25) is 24.0 Å². The fraction of sp³-hybridized carbons (Fsp3) is 0.273. The molecule has 7 rings (SSSR count). The van der Waals surface area contributed by atoms with E-state index in [0.29, 0.717) is 23.1 Å². The number of thioether (sulfide) groups is 1. The normalized spacial score (nSPS) is 23.4. The number of amides is 5. The van der Waals surface area contributed by atoms with Crippen LogP contribution in [0.4, 0.5) is 5.69 Å². The minimum atomic E-state index is -1.76. The third-order valence-corrected chi connectivity index (χ3v) is 11.0. The van der Waals surface area contributed by atoms with Crippen molar-refractivity contribution in [2.75, 3.05) is 5.32 Å². The number of aliphatic hydroxyl groups excluding tert-OH is 1. The average molecular weight is 804 g/mol. The van der Waals surface area contributed by atoms with E-state index in [0.717, 1.165) is 11.1 Å². The Labute approximate surface area is 340 Å². The number of anilines is 1. The van der Waals surface area contributed by atoms with Gasteiger partial charge in [0.25, 0.3) is 5.91 Å². The highest BCUT2D eigenvalue weighted by molar-refractivity contribution is 8.03. The number of rotatable bonds is 8. The molecule has 4 aromatic rings. The third kappa shape index (κ3) is 11.6. The number of aliphatic hydroxyl groups is 1. The van der Waals surface area contributed by atoms with Gasteiger partial charge in [0.05, 0.1) is 6.42 Å². The maximum atomic E-state index is 14.4. The number of hydrogen-bond donors (Lipinski definition) is 7. The second kappa shape index (κ2) is 19.7. The second-order valence-electron chi connectivity index (χ2n) is 14.3. The van der Waals surface area contributed by atoms with Gasteiger partial charge < -0.3 is 36.8 Å². The summed E-state index contributed by atoms with van der Waals surface area (Å²) < 4.78 is 0. The summed E-state index contributed by atoms with van der Waals surface area (Å²) >= 11 is 1.50. The number of nitrogens with one attached hydrogen (secondary N) is 5. The fourth-order valence-corrected chi connectivity index (χ4v) is 7.74. The number of carbonyl (C=O) groups is 6. The Bertz CT molecular complexity index is 2110. The Morgan fingerprint density at radius 1 is 0.621 bits per heavy atom. The molecule has 3 aliphatic rings. The first-order valence-electron chi connectivity index (χ1n) is 19.0. The van der Waals surface area contributed by atoms with E-state index in [1.165, 1.54) is 23.9 Å². The van der Waals surface area contributed by atoms with Crippen LogP contribution in [0, 0.1) is 0 Å². The molecule has 0 spiro atoms. The lowest BCUT2D eigenvalue weighted by atomic mass is 9.99. The first kappa shape index (κ1) is 41.4. The molecule has 58 heavy (non-hydrogen) atoms. The van der Waals surface area contributed by atoms with Crippen molar-refractivity contribution in [1.82, 2.24) is 21.3 Å². The summed E-state index contributed by atoms with van der Waals surface area (Å²) in [5.41, 5.74) is 4.12. The second-order valence-corrected chi connectivity index (χ2v) is 15.5. The van der Waals surface area contributed by atoms with Crippen molar-refractivity contribution in [3.8, 4) is 11.1 Å². The molecule has 0 saturated carbocycles. The predicted octanol–water partition coefficient (Wildman–Crippen LogP) is 3.52. The Hall–Kier alpha value is -6.25. The van der Waals surface area contributed by atoms with Crippen molar-refractivity contribution in [1.29, 1.82) is 0 Å². The fourth-order valence-electron chi connectivity index (χ4n) is 6.77. The molecule has 3 aliphatic heterocycles. The standard InChI is InChI=1S/C44H45N5O8S/c50-38-26-39(51)46-36(25-33-12-7-21-58-33)42(54)48-35(23-28-13-17-31(18-14-28)30-10-5-2-6-11-30)40(52)47-34(22-27-8-3-1-4-9-27)41(53)49-37(44(56)57)24-29-15-19-32(20-16-29)45-43(38)55/h1-11,13-21,33-38,50H,12,22-26H2,(H,45,55)(H,46,51)(H,47,52)(H,48,54)(H,49,53)(H,56,57)/t33?,34-,35-,36+,37+,38-/m1/s1. The van der Waals surface area contributed by atoms with Gasteiger partial charge in [-0.15, -0.1) is 11.8 Å². The van der Waals surface area contributed by atoms with E-state index in [-0.39, 0.29) is 36.6 Å². The first-order valence-corrected chi connectivity index (χ1v) is 19.9. The molecule has 14 heteroatoms. The quantitative estimate of drug-likeness (QED) is 0.130. The van der Waals surface area contributed by atoms with E-state index >= 15 is 0 Å². The maximum absolute atomic E-state index is 14.4. The minimum Gasteiger partial charge on any atom is -0.480 e. The highest BCUT2D eigenvalue weighted by Gasteiger charge is 2.34. The highest BCUT2D eigenvalue weighted by atomic mass is 32.2. The Balaban J connectivity index is 1.34. The SMILES string of the molecule is O=C1C[C@@H](O)C(=O)Nc2ccc(cc2)C[C@@H](C(=O)O)NC(=O)[C@@H](Cc2ccccc2)NC(=O)[C@@H](Cc2ccc(-c3ccccc3)cc2)NC(=O)[C@H](CC2CC=CS2)N1. The lowest BCUT2D eigenvalue weighted by molar-refractivity contribution is -0.142. The summed E-state index contributed by atoms with van der Waals surface area (Å²) in [5.74, 6) is -5.06. The molecule has 6 atom stereocenters. The van der Waals surface area contributed by atoms with Crippen LogP contribution in [0.5, 0.6) is 0 Å². The van der Waals surface area contributed by atoms with Gasteiger partial charge in [-0.2, -0.15) is 0 Å². The van der Waals surface area contributed by atoms with E-state index < -0.39 is 72.2 Å². The molecule has 13 nitrogen and oxygen atoms in total. The van der Waals surface area contributed by atoms with Gasteiger partial charge in [-0.25, -0.2) is 4.79 Å². The van der Waals surface area contributed by atoms with Crippen LogP contribution in [0.3, 0.4) is 0 Å². The van der Waals surface area contributed by atoms with E-state index in [4.69, 9.17) is 0 Å². The van der Waals surface area contributed by atoms with Crippen molar-refractivity contribution >= 4 is 53.0 Å². The third-order valence-electron chi connectivity index (χ3n) is 9.92. The van der Waals surface area contributed by atoms with Crippen molar-refractivity contribution in [2.45, 2.75) is 74.0 Å². The topological polar surface area (TPSA) is 203 Å². The zero-order chi connectivity index (χ0) is 41.0. The summed E-state index contributed by atoms with van der Waals surface area (Å²) in [6.07, 6.45) is 0.253. The van der Waals surface area contributed by atoms with Crippen LogP contribution in [0.25, 0.3) is 11.1 Å². The minimum absolute atomic E-state index is 0.000815. The van der Waals surface area contributed by atoms with Gasteiger partial charge in [0.1, 0.15) is 30.3 Å². The number of allylic oxidation sites excluding steroid dienone is 1. The molecule has 1 unspecified atom stereocenters. The highest BCUT2D eigenvalue weighted by Crippen LogP contribution is 2.28. The van der Waals surface area contributed by atoms with Crippen LogP contribution in [0.15, 0.2) is 121 Å². The molecule has 0 aliphatic carbocycles. The van der Waals surface area contributed by atoms with Crippen molar-refractivity contribution in [2.24, 2.45) is 0 Å². The summed E-state index contributed by atoms with van der Waals surface area (Å²) in [6.45, 7) is 0. The van der Waals surface area contributed by atoms with Gasteiger partial charge >= 0.3 is 5.97 Å². The largest absolute Gasteiger partial charge is 0.480 e. The molecular formula is C44H45N5O8S. The van der Waals surface area contributed by atoms with Crippen molar-refractivity contribution < 1.29 is 39.0 Å². The Kier molecular flexibility index (Phi) is 14.1. The predicted molar refractivity (Wildman–Crippen MR) is 220 cm³/mol. The first-order chi connectivity index (χ1) is 28.0. The van der Waals surface area contributed by atoms with Gasteiger partial charge in [0, 0.05) is 30.2 Å². The summed E-state index contributed by atoms with van der Waals surface area (Å²) in [6, 6.07) is 27.2. The number of carbonyl (C=O) groups excluding carboxylic acids is 5. The molecule has 4 aromatic carbocycles. The zero-order valence-corrected chi connectivity index (χ0v) is 32.3. The number of fused-ring (bicyclic) bond motifs is 18. The van der Waals surface area contributed by atoms with Crippen molar-refractivity contribution in [3.05, 3.63) is 137 Å². The van der Waals surface area contributed by atoms with E-state index in [9.17, 15) is 39.0 Å². The summed E-state index contributed by atoms with van der Waals surface area (Å²) in [7, 11) is 0. The Morgan fingerprint density at radius 3 is 1.79 bits per heavy atom. The number of aliphatic carboxylic acids is 1. The molecule has 0 saturated heterocycles. The molecule has 5 amide bonds. The number of carboxylic acid groups (broad SMARTS) is 1. The molecule has 3 heterocycles. The van der Waals surface area contributed by atoms with Crippen LogP contribution in [-0.2, 0) is 48.0 Å². The van der Waals surface area contributed by atoms with Gasteiger partial charge in [0.2, 0.25) is 23.6 Å². The zero-order valence-electron chi connectivity index (χ0n) is 31.5. The number of benzene rings is 4. The maximum Gasteiger partial charge on any atom is 0.326 e. The Morgan fingerprint density at radius 2 is 1.19 bits per heavy atom. The molecule has 0 fully saturated rings. The van der Waals surface area contributed by atoms with Crippen LogP contribution >= 0.6 is 11.8 Å². The van der Waals surface area contributed by atoms with Gasteiger partial charge in [-0.1, -0.05) is 103 Å². The molecule has 0 radical (unpaired) electrons.